The molecule has 0 aromatic heterocycles. The number of carbonyl (C=O) groups is 1. The van der Waals surface area contributed by atoms with Crippen molar-refractivity contribution >= 4 is 17.5 Å². The van der Waals surface area contributed by atoms with Gasteiger partial charge in [-0.3, -0.25) is 9.69 Å². The summed E-state index contributed by atoms with van der Waals surface area (Å²) in [5, 5.41) is 4.18. The van der Waals surface area contributed by atoms with Crippen LogP contribution in [0, 0.1) is 11.8 Å². The molecular weight excluding hydrogens is 380 g/mol. The van der Waals surface area contributed by atoms with E-state index < -0.39 is 0 Å². The molecule has 29 heavy (non-hydrogen) atoms. The van der Waals surface area contributed by atoms with Crippen LogP contribution in [0.5, 0.6) is 0 Å². The maximum Gasteiger partial charge on any atom is 0.224 e. The first-order valence-electron chi connectivity index (χ1n) is 11.3. The fourth-order valence-electron chi connectivity index (χ4n) is 6.04. The molecule has 4 heteroatoms. The average molecular weight is 411 g/mol. The largest absolute Gasteiger partial charge is 0.353 e. The van der Waals surface area contributed by atoms with E-state index in [1.54, 1.807) is 0 Å². The summed E-state index contributed by atoms with van der Waals surface area (Å²) in [6.07, 6.45) is 14.6. The molecule has 2 heterocycles. The van der Waals surface area contributed by atoms with Gasteiger partial charge in [-0.05, 0) is 63.5 Å². The SMILES string of the molecule is CC1=CC=CCC1C(c1ccccc1Cl)N1C2CCC1C(C(=O)NC1CCC1)C2. The van der Waals surface area contributed by atoms with Gasteiger partial charge in [-0.2, -0.15) is 0 Å². The van der Waals surface area contributed by atoms with Gasteiger partial charge < -0.3 is 5.32 Å². The summed E-state index contributed by atoms with van der Waals surface area (Å²) in [5.74, 6) is 0.833. The lowest BCUT2D eigenvalue weighted by Gasteiger charge is -2.40. The van der Waals surface area contributed by atoms with Crippen LogP contribution in [-0.2, 0) is 4.79 Å². The van der Waals surface area contributed by atoms with Crippen LogP contribution in [0.2, 0.25) is 5.02 Å². The summed E-state index contributed by atoms with van der Waals surface area (Å²) in [5.41, 5.74) is 2.64. The average Bonchev–Trinajstić information content (AvgIpc) is 3.26. The summed E-state index contributed by atoms with van der Waals surface area (Å²) in [7, 11) is 0. The van der Waals surface area contributed by atoms with Gasteiger partial charge in [-0.15, -0.1) is 0 Å². The number of allylic oxidation sites excluding steroid dienone is 3. The standard InChI is InChI=1S/C25H31ClN2O/c1-16-7-2-3-10-19(16)24(20-11-4-5-12-22(20)26)28-18-13-14-23(28)21(15-18)25(29)27-17-8-6-9-17/h2-5,7,11-12,17-19,21,23-24H,6,8-10,13-15H2,1H3,(H,27,29). The first-order chi connectivity index (χ1) is 14.1. The van der Waals surface area contributed by atoms with Crippen LogP contribution in [0.1, 0.15) is 63.5 Å². The summed E-state index contributed by atoms with van der Waals surface area (Å²) in [4.78, 5) is 15.8. The van der Waals surface area contributed by atoms with E-state index in [9.17, 15) is 4.79 Å². The summed E-state index contributed by atoms with van der Waals surface area (Å²) < 4.78 is 0. The van der Waals surface area contributed by atoms with Crippen molar-refractivity contribution in [3.05, 3.63) is 58.7 Å². The van der Waals surface area contributed by atoms with Crippen LogP contribution in [0.25, 0.3) is 0 Å². The molecule has 0 radical (unpaired) electrons. The molecule has 5 rings (SSSR count). The monoisotopic (exact) mass is 410 g/mol. The van der Waals surface area contributed by atoms with Crippen LogP contribution in [-0.4, -0.2) is 28.9 Å². The number of fused-ring (bicyclic) bond motifs is 2. The molecule has 2 bridgehead atoms. The molecule has 3 nitrogen and oxygen atoms in total. The number of hydrogen-bond donors (Lipinski definition) is 1. The fourth-order valence-corrected chi connectivity index (χ4v) is 6.29. The van der Waals surface area contributed by atoms with Crippen molar-refractivity contribution in [1.29, 1.82) is 0 Å². The Labute approximate surface area is 179 Å². The highest BCUT2D eigenvalue weighted by molar-refractivity contribution is 6.31. The molecule has 5 unspecified atom stereocenters. The Morgan fingerprint density at radius 2 is 2.03 bits per heavy atom. The Morgan fingerprint density at radius 3 is 2.76 bits per heavy atom. The van der Waals surface area contributed by atoms with E-state index in [4.69, 9.17) is 11.6 Å². The third-order valence-electron chi connectivity index (χ3n) is 7.78. The van der Waals surface area contributed by atoms with Gasteiger partial charge in [0.25, 0.3) is 0 Å². The molecular formula is C25H31ClN2O. The van der Waals surface area contributed by atoms with Crippen molar-refractivity contribution in [3.63, 3.8) is 0 Å². The molecule has 1 amide bonds. The number of amides is 1. The molecule has 4 aliphatic rings. The second-order valence-electron chi connectivity index (χ2n) is 9.37. The maximum absolute atomic E-state index is 13.1. The van der Waals surface area contributed by atoms with E-state index in [0.29, 0.717) is 30.0 Å². The topological polar surface area (TPSA) is 32.3 Å². The minimum Gasteiger partial charge on any atom is -0.353 e. The van der Waals surface area contributed by atoms with Crippen LogP contribution in [0.4, 0.5) is 0 Å². The van der Waals surface area contributed by atoms with Gasteiger partial charge >= 0.3 is 0 Å². The third-order valence-corrected chi connectivity index (χ3v) is 8.12. The zero-order chi connectivity index (χ0) is 20.0. The number of halogens is 1. The molecule has 3 fully saturated rings. The molecule has 2 saturated heterocycles. The fraction of sp³-hybridized carbons (Fsp3) is 0.560. The number of carbonyl (C=O) groups excluding carboxylic acids is 1. The molecule has 1 aromatic carbocycles. The lowest BCUT2D eigenvalue weighted by molar-refractivity contribution is -0.127. The number of benzene rings is 1. The quantitative estimate of drug-likeness (QED) is 0.702. The minimum absolute atomic E-state index is 0.128. The van der Waals surface area contributed by atoms with E-state index in [1.807, 2.05) is 12.1 Å². The molecule has 1 aromatic rings. The van der Waals surface area contributed by atoms with E-state index in [0.717, 1.165) is 37.1 Å². The van der Waals surface area contributed by atoms with Gasteiger partial charge in [0.05, 0.1) is 5.92 Å². The van der Waals surface area contributed by atoms with E-state index in [-0.39, 0.29) is 12.0 Å². The summed E-state index contributed by atoms with van der Waals surface area (Å²) in [6, 6.07) is 9.80. The molecule has 2 aliphatic carbocycles. The molecule has 1 N–H and O–H groups in total. The molecule has 5 atom stereocenters. The van der Waals surface area contributed by atoms with Crippen LogP contribution < -0.4 is 5.32 Å². The number of rotatable bonds is 5. The van der Waals surface area contributed by atoms with E-state index in [1.165, 1.54) is 24.0 Å². The maximum atomic E-state index is 13.1. The molecule has 2 aliphatic heterocycles. The first kappa shape index (κ1) is 19.4. The number of nitrogens with zero attached hydrogens (tertiary/aromatic N) is 1. The van der Waals surface area contributed by atoms with Crippen molar-refractivity contribution < 1.29 is 4.79 Å². The first-order valence-corrected chi connectivity index (χ1v) is 11.7. The predicted octanol–water partition coefficient (Wildman–Crippen LogP) is 5.43. The highest BCUT2D eigenvalue weighted by atomic mass is 35.5. The normalized spacial score (nSPS) is 32.7. The highest BCUT2D eigenvalue weighted by Crippen LogP contribution is 2.51. The molecule has 1 saturated carbocycles. The van der Waals surface area contributed by atoms with Crippen molar-refractivity contribution in [3.8, 4) is 0 Å². The smallest absolute Gasteiger partial charge is 0.224 e. The Kier molecular flexibility index (Phi) is 5.30. The van der Waals surface area contributed by atoms with Crippen LogP contribution in [0.3, 0.4) is 0 Å². The predicted molar refractivity (Wildman–Crippen MR) is 118 cm³/mol. The van der Waals surface area contributed by atoms with Gasteiger partial charge in [0.1, 0.15) is 0 Å². The second-order valence-corrected chi connectivity index (χ2v) is 9.78. The molecule has 154 valence electrons. The minimum atomic E-state index is 0.128. The number of hydrogen-bond acceptors (Lipinski definition) is 2. The Morgan fingerprint density at radius 1 is 1.21 bits per heavy atom. The highest BCUT2D eigenvalue weighted by Gasteiger charge is 2.53. The van der Waals surface area contributed by atoms with Crippen molar-refractivity contribution in [2.75, 3.05) is 0 Å². The lowest BCUT2D eigenvalue weighted by atomic mass is 9.81. The van der Waals surface area contributed by atoms with Crippen molar-refractivity contribution in [1.82, 2.24) is 10.2 Å². The number of nitrogens with one attached hydrogen (secondary N) is 1. The van der Waals surface area contributed by atoms with Gasteiger partial charge in [0.15, 0.2) is 0 Å². The Balaban J connectivity index is 1.46. The van der Waals surface area contributed by atoms with E-state index >= 15 is 0 Å². The third kappa shape index (κ3) is 3.47. The Bertz CT molecular complexity index is 843. The van der Waals surface area contributed by atoms with Crippen molar-refractivity contribution in [2.45, 2.75) is 76.0 Å². The van der Waals surface area contributed by atoms with E-state index in [2.05, 4.69) is 47.5 Å². The Hall–Kier alpha value is -1.58. The van der Waals surface area contributed by atoms with Gasteiger partial charge in [0, 0.05) is 35.1 Å². The van der Waals surface area contributed by atoms with Gasteiger partial charge in [-0.1, -0.05) is 53.6 Å². The van der Waals surface area contributed by atoms with Gasteiger partial charge in [0.2, 0.25) is 5.91 Å². The van der Waals surface area contributed by atoms with Gasteiger partial charge in [-0.25, -0.2) is 0 Å². The summed E-state index contributed by atoms with van der Waals surface area (Å²) >= 11 is 6.73. The molecule has 0 spiro atoms. The zero-order valence-electron chi connectivity index (χ0n) is 17.2. The van der Waals surface area contributed by atoms with Crippen LogP contribution in [0.15, 0.2) is 48.1 Å². The van der Waals surface area contributed by atoms with Crippen LogP contribution >= 0.6 is 11.6 Å². The second kappa shape index (κ2) is 7.92. The zero-order valence-corrected chi connectivity index (χ0v) is 17.9. The summed E-state index contributed by atoms with van der Waals surface area (Å²) in [6.45, 7) is 2.25. The van der Waals surface area contributed by atoms with Crippen molar-refractivity contribution in [2.24, 2.45) is 11.8 Å². The lowest BCUT2D eigenvalue weighted by Crippen LogP contribution is -2.46.